The second-order valence-corrected chi connectivity index (χ2v) is 9.15. The Morgan fingerprint density at radius 2 is 1.68 bits per heavy atom. The second kappa shape index (κ2) is 6.48. The van der Waals surface area contributed by atoms with Gasteiger partial charge in [0.15, 0.2) is 0 Å². The van der Waals surface area contributed by atoms with Gasteiger partial charge in [-0.3, -0.25) is 9.66 Å². The van der Waals surface area contributed by atoms with E-state index in [0.29, 0.717) is 5.30 Å². The molecule has 3 N–H and O–H groups in total. The average Bonchev–Trinajstić information content (AvgIpc) is 3.31. The zero-order valence-corrected chi connectivity index (χ0v) is 15.9. The lowest BCUT2D eigenvalue weighted by Crippen LogP contribution is -2.05. The van der Waals surface area contributed by atoms with E-state index >= 15 is 0 Å². The number of fused-ring (bicyclic) bond motifs is 2. The monoisotopic (exact) mass is 387 g/mol. The Hall–Kier alpha value is -3.14. The molecule has 0 amide bonds. The van der Waals surface area contributed by atoms with Gasteiger partial charge in [0.2, 0.25) is 7.37 Å². The van der Waals surface area contributed by atoms with E-state index in [1.165, 1.54) is 0 Å². The van der Waals surface area contributed by atoms with Crippen molar-refractivity contribution in [2.75, 3.05) is 0 Å². The van der Waals surface area contributed by atoms with Gasteiger partial charge < -0.3 is 9.88 Å². The first kappa shape index (κ1) is 17.0. The van der Waals surface area contributed by atoms with Gasteiger partial charge in [-0.05, 0) is 42.0 Å². The number of rotatable bonds is 4. The first-order valence-corrected chi connectivity index (χ1v) is 10.9. The minimum atomic E-state index is -3.48. The minimum absolute atomic E-state index is 0.0876. The lowest BCUT2D eigenvalue weighted by atomic mass is 10.1. The summed E-state index contributed by atoms with van der Waals surface area (Å²) in [5, 5.41) is 10.0. The number of hydrogen-bond acceptors (Lipinski definition) is 2. The van der Waals surface area contributed by atoms with Crippen LogP contribution in [0, 0.1) is 0 Å². The van der Waals surface area contributed by atoms with Crippen molar-refractivity contribution >= 4 is 34.5 Å². The molecule has 0 radical (unpaired) electrons. The number of H-pyrrole nitrogens is 2. The fourth-order valence-electron chi connectivity index (χ4n) is 3.57. The van der Waals surface area contributed by atoms with Crippen LogP contribution in [0.5, 0.6) is 0 Å². The molecule has 5 rings (SSSR count). The van der Waals surface area contributed by atoms with Crippen LogP contribution in [0.4, 0.5) is 0 Å². The molecule has 0 aliphatic heterocycles. The summed E-state index contributed by atoms with van der Waals surface area (Å²) in [6.07, 6.45) is 0.0876. The molecule has 138 valence electrons. The first-order chi connectivity index (χ1) is 13.6. The minimum Gasteiger partial charge on any atom is -0.353 e. The zero-order valence-electron chi connectivity index (χ0n) is 15.0. The highest BCUT2D eigenvalue weighted by atomic mass is 31.2. The SMILES string of the molecule is O=P(O)(Cc1ccc2[nH]nc(-c3cc4ccccc4[nH]3)c2c1)c1ccccc1. The summed E-state index contributed by atoms with van der Waals surface area (Å²) in [6.45, 7) is 0. The van der Waals surface area contributed by atoms with Gasteiger partial charge in [0.1, 0.15) is 5.69 Å². The molecule has 0 spiro atoms. The van der Waals surface area contributed by atoms with Gasteiger partial charge >= 0.3 is 0 Å². The highest BCUT2D eigenvalue weighted by molar-refractivity contribution is 7.65. The van der Waals surface area contributed by atoms with Crippen molar-refractivity contribution in [2.24, 2.45) is 0 Å². The van der Waals surface area contributed by atoms with Crippen molar-refractivity contribution in [1.29, 1.82) is 0 Å². The number of para-hydroxylation sites is 1. The van der Waals surface area contributed by atoms with Crippen molar-refractivity contribution in [3.8, 4) is 11.4 Å². The maximum Gasteiger partial charge on any atom is 0.233 e. The number of aromatic nitrogens is 3. The Labute approximate surface area is 161 Å². The molecule has 0 saturated carbocycles. The van der Waals surface area contributed by atoms with E-state index in [-0.39, 0.29) is 6.16 Å². The largest absolute Gasteiger partial charge is 0.353 e. The Bertz CT molecular complexity index is 1300. The van der Waals surface area contributed by atoms with Gasteiger partial charge in [-0.15, -0.1) is 0 Å². The molecule has 0 aliphatic carbocycles. The van der Waals surface area contributed by atoms with Crippen LogP contribution in [0.1, 0.15) is 5.56 Å². The summed E-state index contributed by atoms with van der Waals surface area (Å²) in [5.74, 6) is 0. The summed E-state index contributed by atoms with van der Waals surface area (Å²) in [4.78, 5) is 14.0. The molecule has 0 saturated heterocycles. The van der Waals surface area contributed by atoms with Crippen molar-refractivity contribution < 1.29 is 9.46 Å². The molecular weight excluding hydrogens is 369 g/mol. The van der Waals surface area contributed by atoms with Crippen LogP contribution < -0.4 is 5.30 Å². The van der Waals surface area contributed by atoms with Gasteiger partial charge in [-0.25, -0.2) is 0 Å². The predicted octanol–water partition coefficient (Wildman–Crippen LogP) is 4.81. The van der Waals surface area contributed by atoms with Gasteiger partial charge in [0.25, 0.3) is 0 Å². The third-order valence-corrected chi connectivity index (χ3v) is 6.87. The van der Waals surface area contributed by atoms with E-state index in [2.05, 4.69) is 27.3 Å². The van der Waals surface area contributed by atoms with E-state index in [9.17, 15) is 9.46 Å². The maximum atomic E-state index is 12.9. The van der Waals surface area contributed by atoms with Crippen LogP contribution in [-0.4, -0.2) is 20.1 Å². The number of nitrogens with zero attached hydrogens (tertiary/aromatic N) is 1. The number of aromatic amines is 2. The van der Waals surface area contributed by atoms with Gasteiger partial charge in [0.05, 0.1) is 17.4 Å². The molecule has 0 fully saturated rings. The Kier molecular flexibility index (Phi) is 3.93. The quantitative estimate of drug-likeness (QED) is 0.387. The summed E-state index contributed by atoms with van der Waals surface area (Å²) in [5.41, 5.74) is 4.47. The third kappa shape index (κ3) is 2.95. The summed E-state index contributed by atoms with van der Waals surface area (Å²) < 4.78 is 12.9. The Morgan fingerprint density at radius 1 is 0.893 bits per heavy atom. The smallest absolute Gasteiger partial charge is 0.233 e. The molecule has 1 atom stereocenters. The van der Waals surface area contributed by atoms with E-state index in [1.807, 2.05) is 42.5 Å². The second-order valence-electron chi connectivity index (χ2n) is 6.92. The fraction of sp³-hybridized carbons (Fsp3) is 0.0455. The standard InChI is InChI=1S/C22H18N3O2P/c26-28(27,17-7-2-1-3-8-17)14-15-10-11-20-18(12-15)22(25-24-20)21-13-16-6-4-5-9-19(16)23-21/h1-13,23H,14H2,(H,24,25)(H,26,27). The van der Waals surface area contributed by atoms with Crippen LogP contribution in [-0.2, 0) is 10.7 Å². The zero-order chi connectivity index (χ0) is 19.1. The van der Waals surface area contributed by atoms with Crippen molar-refractivity contribution in [2.45, 2.75) is 6.16 Å². The van der Waals surface area contributed by atoms with Crippen LogP contribution >= 0.6 is 7.37 Å². The molecule has 0 aliphatic rings. The first-order valence-electron chi connectivity index (χ1n) is 9.03. The molecule has 2 aromatic heterocycles. The summed E-state index contributed by atoms with van der Waals surface area (Å²) in [7, 11) is -3.48. The van der Waals surface area contributed by atoms with Crippen molar-refractivity contribution in [3.05, 3.63) is 84.4 Å². The highest BCUT2D eigenvalue weighted by Gasteiger charge is 2.22. The van der Waals surface area contributed by atoms with Crippen molar-refractivity contribution in [3.63, 3.8) is 0 Å². The van der Waals surface area contributed by atoms with Gasteiger partial charge in [-0.2, -0.15) is 5.10 Å². The summed E-state index contributed by atoms with van der Waals surface area (Å²) in [6, 6.07) is 24.7. The molecule has 0 bridgehead atoms. The van der Waals surface area contributed by atoms with Crippen LogP contribution in [0.3, 0.4) is 0 Å². The van der Waals surface area contributed by atoms with Crippen LogP contribution in [0.25, 0.3) is 33.2 Å². The van der Waals surface area contributed by atoms with Crippen LogP contribution in [0.15, 0.2) is 78.9 Å². The Morgan fingerprint density at radius 3 is 2.50 bits per heavy atom. The van der Waals surface area contributed by atoms with E-state index in [1.54, 1.807) is 24.3 Å². The van der Waals surface area contributed by atoms with Crippen LogP contribution in [0.2, 0.25) is 0 Å². The number of benzene rings is 3. The third-order valence-electron chi connectivity index (χ3n) is 4.97. The lowest BCUT2D eigenvalue weighted by Gasteiger charge is -2.12. The van der Waals surface area contributed by atoms with E-state index in [4.69, 9.17) is 0 Å². The predicted molar refractivity (Wildman–Crippen MR) is 113 cm³/mol. The molecule has 1 unspecified atom stereocenters. The highest BCUT2D eigenvalue weighted by Crippen LogP contribution is 2.43. The van der Waals surface area contributed by atoms with E-state index in [0.717, 1.165) is 38.8 Å². The molecule has 6 heteroatoms. The molecule has 28 heavy (non-hydrogen) atoms. The van der Waals surface area contributed by atoms with Crippen molar-refractivity contribution in [1.82, 2.24) is 15.2 Å². The molecule has 3 aromatic carbocycles. The average molecular weight is 387 g/mol. The van der Waals surface area contributed by atoms with Gasteiger partial charge in [-0.1, -0.05) is 42.5 Å². The van der Waals surface area contributed by atoms with Gasteiger partial charge in [0, 0.05) is 21.6 Å². The topological polar surface area (TPSA) is 81.8 Å². The molecule has 5 nitrogen and oxygen atoms in total. The molecular formula is C22H18N3O2P. The number of hydrogen-bond donors (Lipinski definition) is 3. The normalized spacial score (nSPS) is 13.8. The summed E-state index contributed by atoms with van der Waals surface area (Å²) >= 11 is 0. The Balaban J connectivity index is 1.56. The van der Waals surface area contributed by atoms with E-state index < -0.39 is 7.37 Å². The fourth-order valence-corrected chi connectivity index (χ4v) is 5.08. The molecule has 5 aromatic rings. The lowest BCUT2D eigenvalue weighted by molar-refractivity contribution is 0.489. The maximum absolute atomic E-state index is 12.9. The molecule has 2 heterocycles. The number of nitrogens with one attached hydrogen (secondary N) is 2.